The summed E-state index contributed by atoms with van der Waals surface area (Å²) in [5.74, 6) is 2.38. The lowest BCUT2D eigenvalue weighted by atomic mass is 9.89. The molecule has 4 heterocycles. The fourth-order valence-corrected chi connectivity index (χ4v) is 5.52. The average molecular weight is 483 g/mol. The summed E-state index contributed by atoms with van der Waals surface area (Å²) in [7, 11) is -3.05. The van der Waals surface area contributed by atoms with Gasteiger partial charge in [0.25, 0.3) is 0 Å². The number of sulfone groups is 1. The van der Waals surface area contributed by atoms with Crippen molar-refractivity contribution in [2.75, 3.05) is 24.2 Å². The zero-order valence-electron chi connectivity index (χ0n) is 19.8. The molecule has 5 rings (SSSR count). The largest absolute Gasteiger partial charge is 0.488 e. The summed E-state index contributed by atoms with van der Waals surface area (Å²) >= 11 is 0. The fourth-order valence-electron chi connectivity index (χ4n) is 4.72. The van der Waals surface area contributed by atoms with Crippen LogP contribution < -0.4 is 9.64 Å². The molecule has 1 aromatic carbocycles. The first-order valence-electron chi connectivity index (χ1n) is 11.8. The highest BCUT2D eigenvalue weighted by Gasteiger charge is 2.34. The van der Waals surface area contributed by atoms with Crippen LogP contribution in [0, 0.1) is 5.92 Å². The first-order valence-corrected chi connectivity index (χ1v) is 13.8. The molecule has 2 aromatic heterocycles. The highest BCUT2D eigenvalue weighted by atomic mass is 32.2. The molecular formula is C25H30N4O4S. The van der Waals surface area contributed by atoms with Gasteiger partial charge in [-0.05, 0) is 30.4 Å². The minimum absolute atomic E-state index is 0.0462. The molecule has 1 atom stereocenters. The second kappa shape index (κ2) is 9.02. The summed E-state index contributed by atoms with van der Waals surface area (Å²) in [4.78, 5) is 11.3. The summed E-state index contributed by atoms with van der Waals surface area (Å²) in [6, 6.07) is 10.3. The van der Waals surface area contributed by atoms with Gasteiger partial charge in [-0.15, -0.1) is 0 Å². The van der Waals surface area contributed by atoms with E-state index in [1.54, 1.807) is 0 Å². The first kappa shape index (κ1) is 22.8. The molecule has 3 aromatic rings. The van der Waals surface area contributed by atoms with E-state index in [2.05, 4.69) is 39.9 Å². The van der Waals surface area contributed by atoms with Crippen molar-refractivity contribution in [3.63, 3.8) is 0 Å². The van der Waals surface area contributed by atoms with Crippen LogP contribution in [0.1, 0.15) is 49.6 Å². The predicted molar refractivity (Wildman–Crippen MR) is 130 cm³/mol. The van der Waals surface area contributed by atoms with Crippen LogP contribution in [-0.2, 0) is 22.0 Å². The van der Waals surface area contributed by atoms with Crippen molar-refractivity contribution in [2.45, 2.75) is 50.9 Å². The van der Waals surface area contributed by atoms with Gasteiger partial charge >= 0.3 is 6.01 Å². The van der Waals surface area contributed by atoms with Gasteiger partial charge < -0.3 is 14.2 Å². The highest BCUT2D eigenvalue weighted by molar-refractivity contribution is 7.89. The summed E-state index contributed by atoms with van der Waals surface area (Å²) in [6.45, 7) is 5.88. The van der Waals surface area contributed by atoms with E-state index in [4.69, 9.17) is 9.26 Å². The van der Waals surface area contributed by atoms with Crippen molar-refractivity contribution >= 4 is 15.9 Å². The molecule has 2 aliphatic rings. The number of hydrogen-bond donors (Lipinski definition) is 0. The van der Waals surface area contributed by atoms with Gasteiger partial charge in [-0.3, -0.25) is 4.98 Å². The number of rotatable bonds is 6. The Morgan fingerprint density at radius 3 is 2.53 bits per heavy atom. The minimum atomic E-state index is -3.05. The minimum Gasteiger partial charge on any atom is -0.488 e. The fraction of sp³-hybridized carbons (Fsp3) is 0.480. The molecule has 34 heavy (non-hydrogen) atoms. The second-order valence-corrected chi connectivity index (χ2v) is 11.9. The SMILES string of the molecule is CC(C)c1noc(N2CCC(C3Cc4cc(-c5ccc(CS(C)(=O)=O)cc5)ncc4O3)CC2)n1. The van der Waals surface area contributed by atoms with Gasteiger partial charge in [0.2, 0.25) is 0 Å². The summed E-state index contributed by atoms with van der Waals surface area (Å²) < 4.78 is 34.8. The van der Waals surface area contributed by atoms with Crippen LogP contribution in [0.25, 0.3) is 11.3 Å². The molecule has 0 N–H and O–H groups in total. The Hall–Kier alpha value is -2.94. The molecule has 0 radical (unpaired) electrons. The smallest absolute Gasteiger partial charge is 0.324 e. The number of piperidine rings is 1. The molecule has 0 aliphatic carbocycles. The van der Waals surface area contributed by atoms with Crippen LogP contribution in [-0.4, -0.2) is 49.0 Å². The summed E-state index contributed by atoms with van der Waals surface area (Å²) in [5, 5.41) is 4.08. The number of nitrogens with zero attached hydrogens (tertiary/aromatic N) is 4. The van der Waals surface area contributed by atoms with Crippen molar-refractivity contribution < 1.29 is 17.7 Å². The van der Waals surface area contributed by atoms with Crippen LogP contribution in [0.15, 0.2) is 41.1 Å². The van der Waals surface area contributed by atoms with E-state index in [0.717, 1.165) is 60.7 Å². The topological polar surface area (TPSA) is 98.4 Å². The molecule has 8 nitrogen and oxygen atoms in total. The third-order valence-electron chi connectivity index (χ3n) is 6.61. The number of hydrogen-bond acceptors (Lipinski definition) is 8. The molecule has 0 spiro atoms. The number of fused-ring (bicyclic) bond motifs is 1. The molecule has 0 amide bonds. The van der Waals surface area contributed by atoms with Gasteiger partial charge in [-0.2, -0.15) is 4.98 Å². The lowest BCUT2D eigenvalue weighted by molar-refractivity contribution is 0.137. The predicted octanol–water partition coefficient (Wildman–Crippen LogP) is 4.02. The maximum Gasteiger partial charge on any atom is 0.324 e. The lowest BCUT2D eigenvalue weighted by Crippen LogP contribution is -2.39. The Labute approximate surface area is 200 Å². The van der Waals surface area contributed by atoms with Gasteiger partial charge in [0.05, 0.1) is 17.6 Å². The Balaban J connectivity index is 1.21. The number of benzene rings is 1. The highest BCUT2D eigenvalue weighted by Crippen LogP contribution is 2.37. The van der Waals surface area contributed by atoms with Crippen molar-refractivity contribution in [2.24, 2.45) is 5.92 Å². The van der Waals surface area contributed by atoms with Crippen LogP contribution in [0.3, 0.4) is 0 Å². The van der Waals surface area contributed by atoms with Gasteiger partial charge in [-0.25, -0.2) is 8.42 Å². The molecule has 1 unspecified atom stereocenters. The molecule has 0 bridgehead atoms. The van der Waals surface area contributed by atoms with Crippen LogP contribution in [0.5, 0.6) is 5.75 Å². The van der Waals surface area contributed by atoms with Crippen LogP contribution in [0.2, 0.25) is 0 Å². The van der Waals surface area contributed by atoms with E-state index in [0.29, 0.717) is 11.9 Å². The maximum atomic E-state index is 11.5. The number of anilines is 1. The molecular weight excluding hydrogens is 452 g/mol. The number of ether oxygens (including phenoxy) is 1. The zero-order valence-corrected chi connectivity index (χ0v) is 20.6. The van der Waals surface area contributed by atoms with Gasteiger partial charge in [0.15, 0.2) is 15.7 Å². The van der Waals surface area contributed by atoms with E-state index in [1.165, 1.54) is 11.8 Å². The van der Waals surface area contributed by atoms with Crippen molar-refractivity contribution in [1.82, 2.24) is 15.1 Å². The lowest BCUT2D eigenvalue weighted by Gasteiger charge is -2.33. The van der Waals surface area contributed by atoms with Gasteiger partial charge in [-0.1, -0.05) is 43.3 Å². The quantitative estimate of drug-likeness (QED) is 0.520. The van der Waals surface area contributed by atoms with E-state index in [9.17, 15) is 8.42 Å². The zero-order chi connectivity index (χ0) is 23.9. The Bertz CT molecular complexity index is 1260. The first-order chi connectivity index (χ1) is 16.2. The second-order valence-electron chi connectivity index (χ2n) is 9.72. The Morgan fingerprint density at radius 1 is 1.15 bits per heavy atom. The van der Waals surface area contributed by atoms with Crippen molar-refractivity contribution in [3.8, 4) is 17.0 Å². The standard InChI is InChI=1S/C25H30N4O4S/c1-16(2)24-27-25(33-28-24)29-10-8-19(9-11-29)22-13-20-12-21(26-14-23(20)32-22)18-6-4-17(5-7-18)15-34(3,30)31/h4-7,12,14,16,19,22H,8-11,13,15H2,1-3H3. The third kappa shape index (κ3) is 4.94. The number of pyridine rings is 1. The molecule has 0 saturated carbocycles. The van der Waals surface area contributed by atoms with E-state index >= 15 is 0 Å². The van der Waals surface area contributed by atoms with E-state index in [1.807, 2.05) is 30.5 Å². The van der Waals surface area contributed by atoms with Gasteiger partial charge in [0.1, 0.15) is 11.9 Å². The molecule has 2 aliphatic heterocycles. The Morgan fingerprint density at radius 2 is 1.88 bits per heavy atom. The third-order valence-corrected chi connectivity index (χ3v) is 7.47. The average Bonchev–Trinajstić information content (AvgIpc) is 3.46. The summed E-state index contributed by atoms with van der Waals surface area (Å²) in [6.07, 6.45) is 6.12. The summed E-state index contributed by atoms with van der Waals surface area (Å²) in [5.41, 5.74) is 3.80. The van der Waals surface area contributed by atoms with Crippen LogP contribution >= 0.6 is 0 Å². The normalized spacial score (nSPS) is 18.8. The monoisotopic (exact) mass is 482 g/mol. The molecule has 1 saturated heterocycles. The number of aromatic nitrogens is 3. The Kier molecular flexibility index (Phi) is 6.06. The van der Waals surface area contributed by atoms with E-state index in [-0.39, 0.29) is 17.8 Å². The van der Waals surface area contributed by atoms with Gasteiger partial charge in [0, 0.05) is 42.8 Å². The molecule has 1 fully saturated rings. The molecule has 180 valence electrons. The molecule has 9 heteroatoms. The van der Waals surface area contributed by atoms with Crippen molar-refractivity contribution in [1.29, 1.82) is 0 Å². The van der Waals surface area contributed by atoms with E-state index < -0.39 is 9.84 Å². The van der Waals surface area contributed by atoms with Crippen molar-refractivity contribution in [3.05, 3.63) is 53.5 Å². The maximum absolute atomic E-state index is 11.5. The van der Waals surface area contributed by atoms with Crippen LogP contribution in [0.4, 0.5) is 6.01 Å².